The summed E-state index contributed by atoms with van der Waals surface area (Å²) < 4.78 is 42.3. The first-order valence-corrected chi connectivity index (χ1v) is 10.2. The van der Waals surface area contributed by atoms with Crippen LogP contribution in [0, 0.1) is 5.92 Å². The maximum absolute atomic E-state index is 13.4. The second-order valence-electron chi connectivity index (χ2n) is 7.66. The first kappa shape index (κ1) is 20.8. The molecule has 30 heavy (non-hydrogen) atoms. The van der Waals surface area contributed by atoms with Crippen LogP contribution in [0.5, 0.6) is 5.75 Å². The highest BCUT2D eigenvalue weighted by molar-refractivity contribution is 9.10. The van der Waals surface area contributed by atoms with Crippen LogP contribution in [0.15, 0.2) is 45.8 Å². The summed E-state index contributed by atoms with van der Waals surface area (Å²) in [6.07, 6.45) is -3.90. The van der Waals surface area contributed by atoms with E-state index in [1.165, 1.54) is 22.8 Å². The maximum Gasteiger partial charge on any atom is 0.389 e. The van der Waals surface area contributed by atoms with Crippen molar-refractivity contribution in [2.24, 2.45) is 5.92 Å². The van der Waals surface area contributed by atoms with Gasteiger partial charge in [0, 0.05) is 30.2 Å². The fourth-order valence-corrected chi connectivity index (χ4v) is 4.96. The summed E-state index contributed by atoms with van der Waals surface area (Å²) in [6.45, 7) is 0. The minimum Gasteiger partial charge on any atom is -0.502 e. The zero-order valence-electron chi connectivity index (χ0n) is 15.9. The summed E-state index contributed by atoms with van der Waals surface area (Å²) in [5.41, 5.74) is -0.312. The van der Waals surface area contributed by atoms with Crippen molar-refractivity contribution in [2.75, 3.05) is 12.1 Å². The average molecular weight is 486 g/mol. The molecule has 10 heteroatoms. The molecule has 0 radical (unpaired) electrons. The number of amides is 1. The van der Waals surface area contributed by atoms with Crippen molar-refractivity contribution >= 4 is 21.8 Å². The third-order valence-corrected chi connectivity index (χ3v) is 6.28. The number of piperidine rings is 1. The summed E-state index contributed by atoms with van der Waals surface area (Å²) in [5, 5.41) is 12.0. The molecule has 4 rings (SSSR count). The number of carbonyl (C=O) groups is 1. The van der Waals surface area contributed by atoms with E-state index in [9.17, 15) is 27.9 Å². The quantitative estimate of drug-likeness (QED) is 0.702. The van der Waals surface area contributed by atoms with Crippen molar-refractivity contribution in [3.05, 3.63) is 62.5 Å². The Balaban J connectivity index is 1.93. The van der Waals surface area contributed by atoms with Gasteiger partial charge in [0.25, 0.3) is 5.91 Å². The third-order valence-electron chi connectivity index (χ3n) is 5.79. The second kappa shape index (κ2) is 7.33. The molecular weight excluding hydrogens is 467 g/mol. The van der Waals surface area contributed by atoms with Crippen LogP contribution >= 0.6 is 15.9 Å². The van der Waals surface area contributed by atoms with Crippen molar-refractivity contribution in [2.45, 2.75) is 37.6 Å². The minimum atomic E-state index is -4.35. The number of halogens is 4. The molecule has 6 nitrogen and oxygen atoms in total. The van der Waals surface area contributed by atoms with E-state index in [4.69, 9.17) is 0 Å². The van der Waals surface area contributed by atoms with E-state index >= 15 is 0 Å². The van der Waals surface area contributed by atoms with E-state index in [1.54, 1.807) is 29.3 Å². The predicted molar refractivity (Wildman–Crippen MR) is 107 cm³/mol. The van der Waals surface area contributed by atoms with Gasteiger partial charge in [-0.3, -0.25) is 19.3 Å². The van der Waals surface area contributed by atoms with E-state index < -0.39 is 47.8 Å². The Morgan fingerprint density at radius 1 is 1.20 bits per heavy atom. The van der Waals surface area contributed by atoms with Gasteiger partial charge >= 0.3 is 6.18 Å². The number of aromatic hydroxyl groups is 1. The van der Waals surface area contributed by atoms with E-state index in [0.29, 0.717) is 12.0 Å². The van der Waals surface area contributed by atoms with Crippen molar-refractivity contribution < 1.29 is 23.1 Å². The van der Waals surface area contributed by atoms with Crippen LogP contribution in [-0.4, -0.2) is 40.0 Å². The lowest BCUT2D eigenvalue weighted by molar-refractivity contribution is -0.149. The monoisotopic (exact) mass is 485 g/mol. The summed E-state index contributed by atoms with van der Waals surface area (Å²) >= 11 is 3.38. The van der Waals surface area contributed by atoms with Gasteiger partial charge in [0.2, 0.25) is 5.43 Å². The third kappa shape index (κ3) is 3.46. The number of aromatic nitrogens is 1. The molecule has 1 aromatic heterocycles. The van der Waals surface area contributed by atoms with Crippen LogP contribution in [0.1, 0.15) is 41.4 Å². The van der Waals surface area contributed by atoms with Crippen molar-refractivity contribution in [1.82, 2.24) is 9.58 Å². The Bertz CT molecular complexity index is 1060. The van der Waals surface area contributed by atoms with Crippen LogP contribution < -0.4 is 10.4 Å². The first-order chi connectivity index (χ1) is 14.1. The van der Waals surface area contributed by atoms with Gasteiger partial charge < -0.3 is 10.0 Å². The van der Waals surface area contributed by atoms with Crippen LogP contribution in [0.25, 0.3) is 0 Å². The van der Waals surface area contributed by atoms with Crippen molar-refractivity contribution in [1.29, 1.82) is 0 Å². The molecule has 0 aliphatic carbocycles. The molecule has 1 N–H and O–H groups in total. The second-order valence-corrected chi connectivity index (χ2v) is 8.57. The van der Waals surface area contributed by atoms with E-state index in [0.717, 1.165) is 10.5 Å². The zero-order valence-corrected chi connectivity index (χ0v) is 17.5. The van der Waals surface area contributed by atoms with Gasteiger partial charge in [-0.05, 0) is 36.5 Å². The molecule has 2 aromatic rings. The molecule has 3 unspecified atom stereocenters. The molecule has 160 valence electrons. The lowest BCUT2D eigenvalue weighted by Crippen LogP contribution is -2.64. The number of rotatable bonds is 2. The summed E-state index contributed by atoms with van der Waals surface area (Å²) in [4.78, 5) is 26.2. The molecule has 1 amide bonds. The first-order valence-electron chi connectivity index (χ1n) is 9.41. The number of benzene rings is 1. The SMILES string of the molecule is CN1C(=O)c2c(O)c(=O)ccn2N2C(c3cccc(Br)c3)C(CC(F)(F)F)CCC12. The molecule has 3 heterocycles. The predicted octanol–water partition coefficient (Wildman–Crippen LogP) is 3.77. The van der Waals surface area contributed by atoms with Crippen LogP contribution in [0.3, 0.4) is 0 Å². The maximum atomic E-state index is 13.4. The topological polar surface area (TPSA) is 65.8 Å². The molecule has 1 fully saturated rings. The zero-order chi connectivity index (χ0) is 21.8. The van der Waals surface area contributed by atoms with Crippen molar-refractivity contribution in [3.63, 3.8) is 0 Å². The number of fused-ring (bicyclic) bond motifs is 3. The summed E-state index contributed by atoms with van der Waals surface area (Å²) in [6, 6.07) is 7.43. The van der Waals surface area contributed by atoms with Gasteiger partial charge in [0.15, 0.2) is 11.4 Å². The van der Waals surface area contributed by atoms with Gasteiger partial charge in [-0.15, -0.1) is 0 Å². The molecule has 2 aliphatic rings. The molecule has 0 saturated carbocycles. The van der Waals surface area contributed by atoms with Gasteiger partial charge in [0.05, 0.1) is 6.04 Å². The summed E-state index contributed by atoms with van der Waals surface area (Å²) in [5.74, 6) is -2.03. The highest BCUT2D eigenvalue weighted by Gasteiger charge is 2.48. The van der Waals surface area contributed by atoms with Gasteiger partial charge in [-0.25, -0.2) is 0 Å². The number of carbonyl (C=O) groups excluding carboxylic acids is 1. The van der Waals surface area contributed by atoms with E-state index in [1.807, 2.05) is 0 Å². The fourth-order valence-electron chi connectivity index (χ4n) is 4.54. The molecule has 0 spiro atoms. The van der Waals surface area contributed by atoms with Gasteiger partial charge in [-0.2, -0.15) is 13.2 Å². The number of nitrogens with zero attached hydrogens (tertiary/aromatic N) is 3. The standard InChI is InChI=1S/C20H19BrF3N3O3/c1-25-15-6-5-12(10-20(22,23)24)16(11-3-2-4-13(21)9-11)27(15)26-8-7-14(28)18(29)17(26)19(25)30/h2-4,7-9,12,15-16,29H,5-6,10H2,1H3. The number of hydrogen-bond acceptors (Lipinski definition) is 4. The molecule has 1 saturated heterocycles. The average Bonchev–Trinajstić information content (AvgIpc) is 2.66. The summed E-state index contributed by atoms with van der Waals surface area (Å²) in [7, 11) is 1.53. The normalized spacial score (nSPS) is 23.9. The van der Waals surface area contributed by atoms with Crippen molar-refractivity contribution in [3.8, 4) is 5.75 Å². The number of alkyl halides is 3. The number of pyridine rings is 1. The van der Waals surface area contributed by atoms with E-state index in [2.05, 4.69) is 15.9 Å². The smallest absolute Gasteiger partial charge is 0.389 e. The lowest BCUT2D eigenvalue weighted by atomic mass is 9.81. The highest BCUT2D eigenvalue weighted by Crippen LogP contribution is 2.45. The Kier molecular flexibility index (Phi) is 5.08. The molecular formula is C20H19BrF3N3O3. The highest BCUT2D eigenvalue weighted by atomic mass is 79.9. The lowest BCUT2D eigenvalue weighted by Gasteiger charge is -2.54. The number of hydrogen-bond donors (Lipinski definition) is 1. The molecule has 1 aromatic carbocycles. The van der Waals surface area contributed by atoms with Crippen LogP contribution in [0.4, 0.5) is 13.2 Å². The molecule has 0 bridgehead atoms. The fraction of sp³-hybridized carbons (Fsp3) is 0.400. The van der Waals surface area contributed by atoms with Gasteiger partial charge in [-0.1, -0.05) is 28.1 Å². The Morgan fingerprint density at radius 2 is 1.93 bits per heavy atom. The molecule has 3 atom stereocenters. The van der Waals surface area contributed by atoms with E-state index in [-0.39, 0.29) is 12.1 Å². The van der Waals surface area contributed by atoms with Crippen LogP contribution in [-0.2, 0) is 0 Å². The Hall–Kier alpha value is -2.49. The van der Waals surface area contributed by atoms with Gasteiger partial charge in [0.1, 0.15) is 6.17 Å². The Labute approximate surface area is 178 Å². The largest absolute Gasteiger partial charge is 0.502 e. The Morgan fingerprint density at radius 3 is 2.60 bits per heavy atom. The molecule has 2 aliphatic heterocycles. The van der Waals surface area contributed by atoms with Crippen LogP contribution in [0.2, 0.25) is 0 Å². The minimum absolute atomic E-state index is 0.242.